The fourth-order valence-electron chi connectivity index (χ4n) is 2.79. The van der Waals surface area contributed by atoms with E-state index in [1.807, 2.05) is 57.2 Å². The lowest BCUT2D eigenvalue weighted by Gasteiger charge is -2.10. The maximum Gasteiger partial charge on any atom is 0.339 e. The number of benzene rings is 2. The number of nitrogens with one attached hydrogen (secondary N) is 1. The van der Waals surface area contributed by atoms with Crippen molar-refractivity contribution in [3.63, 3.8) is 0 Å². The molecular formula is C23H24N2O4S. The van der Waals surface area contributed by atoms with E-state index in [9.17, 15) is 9.59 Å². The van der Waals surface area contributed by atoms with Crippen LogP contribution in [0.2, 0.25) is 0 Å². The van der Waals surface area contributed by atoms with Gasteiger partial charge in [-0.3, -0.25) is 4.79 Å². The lowest BCUT2D eigenvalue weighted by Crippen LogP contribution is -2.28. The Morgan fingerprint density at radius 1 is 1.07 bits per heavy atom. The summed E-state index contributed by atoms with van der Waals surface area (Å²) in [6.07, 6.45) is 0. The number of aromatic nitrogens is 1. The Balaban J connectivity index is 1.53. The summed E-state index contributed by atoms with van der Waals surface area (Å²) in [5.41, 5.74) is 4.43. The molecule has 3 rings (SSSR count). The van der Waals surface area contributed by atoms with Crippen molar-refractivity contribution in [3.8, 4) is 0 Å². The molecule has 1 amide bonds. The molecule has 156 valence electrons. The minimum Gasteiger partial charge on any atom is -0.452 e. The summed E-state index contributed by atoms with van der Waals surface area (Å²) in [6.45, 7) is 5.83. The average molecular weight is 425 g/mol. The van der Waals surface area contributed by atoms with Gasteiger partial charge in [0, 0.05) is 22.8 Å². The number of rotatable bonds is 8. The number of hydrogen-bond acceptors (Lipinski definition) is 6. The summed E-state index contributed by atoms with van der Waals surface area (Å²) in [6, 6.07) is 15.1. The second kappa shape index (κ2) is 10.1. The summed E-state index contributed by atoms with van der Waals surface area (Å²) >= 11 is 1.50. The summed E-state index contributed by atoms with van der Waals surface area (Å²) in [5.74, 6) is 0.528. The lowest BCUT2D eigenvalue weighted by atomic mass is 10.1. The van der Waals surface area contributed by atoms with Crippen molar-refractivity contribution in [2.45, 2.75) is 38.0 Å². The Morgan fingerprint density at radius 2 is 1.80 bits per heavy atom. The molecule has 0 aliphatic carbocycles. The van der Waals surface area contributed by atoms with Gasteiger partial charge >= 0.3 is 5.97 Å². The van der Waals surface area contributed by atoms with Crippen LogP contribution in [0.25, 0.3) is 0 Å². The number of thioether (sulfide) groups is 1. The van der Waals surface area contributed by atoms with Gasteiger partial charge in [-0.15, -0.1) is 11.8 Å². The van der Waals surface area contributed by atoms with Crippen LogP contribution in [0.1, 0.15) is 38.5 Å². The zero-order chi connectivity index (χ0) is 21.5. The molecule has 1 N–H and O–H groups in total. The first-order valence-corrected chi connectivity index (χ1v) is 10.6. The van der Waals surface area contributed by atoms with Crippen molar-refractivity contribution in [2.75, 3.05) is 6.61 Å². The Hall–Kier alpha value is -3.06. The summed E-state index contributed by atoms with van der Waals surface area (Å²) in [4.78, 5) is 25.4. The predicted molar refractivity (Wildman–Crippen MR) is 115 cm³/mol. The van der Waals surface area contributed by atoms with Gasteiger partial charge in [-0.2, -0.15) is 0 Å². The van der Waals surface area contributed by atoms with E-state index < -0.39 is 5.97 Å². The molecule has 0 unspecified atom stereocenters. The molecule has 0 aliphatic rings. The van der Waals surface area contributed by atoms with Crippen molar-refractivity contribution < 1.29 is 18.8 Å². The van der Waals surface area contributed by atoms with E-state index in [0.29, 0.717) is 17.9 Å². The SMILES string of the molecule is Cc1ccc(CNC(=O)COC(=O)c2ccccc2SCc2c(C)noc2C)cc1. The van der Waals surface area contributed by atoms with E-state index in [1.54, 1.807) is 12.1 Å². The monoisotopic (exact) mass is 424 g/mol. The molecule has 0 spiro atoms. The molecule has 0 aliphatic heterocycles. The molecular weight excluding hydrogens is 400 g/mol. The second-order valence-corrected chi connectivity index (χ2v) is 7.94. The highest BCUT2D eigenvalue weighted by Gasteiger charge is 2.16. The van der Waals surface area contributed by atoms with E-state index in [4.69, 9.17) is 9.26 Å². The van der Waals surface area contributed by atoms with E-state index in [2.05, 4.69) is 10.5 Å². The minimum absolute atomic E-state index is 0.326. The quantitative estimate of drug-likeness (QED) is 0.427. The van der Waals surface area contributed by atoms with Gasteiger partial charge in [0.2, 0.25) is 0 Å². The van der Waals surface area contributed by atoms with E-state index in [-0.39, 0.29) is 12.5 Å². The number of esters is 1. The van der Waals surface area contributed by atoms with Gasteiger partial charge in [0.1, 0.15) is 5.76 Å². The molecule has 0 atom stereocenters. The smallest absolute Gasteiger partial charge is 0.339 e. The van der Waals surface area contributed by atoms with Crippen LogP contribution in [0.3, 0.4) is 0 Å². The molecule has 0 bridgehead atoms. The van der Waals surface area contributed by atoms with E-state index >= 15 is 0 Å². The number of hydrogen-bond donors (Lipinski definition) is 1. The van der Waals surface area contributed by atoms with Crippen LogP contribution in [0.4, 0.5) is 0 Å². The van der Waals surface area contributed by atoms with Crippen molar-refractivity contribution in [3.05, 3.63) is 82.2 Å². The fraction of sp³-hybridized carbons (Fsp3) is 0.261. The standard InChI is InChI=1S/C23H24N2O4S/c1-15-8-10-18(11-9-15)12-24-22(26)13-28-23(27)19-6-4-5-7-21(19)30-14-20-16(2)25-29-17(20)3/h4-11H,12-14H2,1-3H3,(H,24,26). The Morgan fingerprint density at radius 3 is 2.50 bits per heavy atom. The molecule has 3 aromatic rings. The molecule has 2 aromatic carbocycles. The van der Waals surface area contributed by atoms with Gasteiger partial charge < -0.3 is 14.6 Å². The van der Waals surface area contributed by atoms with Crippen LogP contribution in [0.15, 0.2) is 57.9 Å². The largest absolute Gasteiger partial charge is 0.452 e. The molecule has 0 saturated carbocycles. The van der Waals surface area contributed by atoms with Crippen LogP contribution in [0, 0.1) is 20.8 Å². The Kier molecular flexibility index (Phi) is 7.30. The highest BCUT2D eigenvalue weighted by atomic mass is 32.2. The molecule has 1 aromatic heterocycles. The molecule has 0 radical (unpaired) electrons. The molecule has 7 heteroatoms. The summed E-state index contributed by atoms with van der Waals surface area (Å²) < 4.78 is 10.4. The number of nitrogens with zero attached hydrogens (tertiary/aromatic N) is 1. The van der Waals surface area contributed by atoms with Crippen molar-refractivity contribution in [1.29, 1.82) is 0 Å². The zero-order valence-electron chi connectivity index (χ0n) is 17.2. The highest BCUT2D eigenvalue weighted by Crippen LogP contribution is 2.29. The Labute approximate surface area is 180 Å². The van der Waals surface area contributed by atoms with Crippen molar-refractivity contribution in [1.82, 2.24) is 10.5 Å². The maximum atomic E-state index is 12.5. The van der Waals surface area contributed by atoms with Crippen LogP contribution in [0.5, 0.6) is 0 Å². The number of amides is 1. The van der Waals surface area contributed by atoms with Crippen molar-refractivity contribution in [2.24, 2.45) is 0 Å². The van der Waals surface area contributed by atoms with Crippen LogP contribution in [-0.4, -0.2) is 23.6 Å². The number of ether oxygens (including phenoxy) is 1. The fourth-order valence-corrected chi connectivity index (χ4v) is 3.98. The van der Waals surface area contributed by atoms with Crippen LogP contribution in [-0.2, 0) is 21.8 Å². The summed E-state index contributed by atoms with van der Waals surface area (Å²) in [5, 5.41) is 6.71. The molecule has 0 saturated heterocycles. The minimum atomic E-state index is -0.526. The molecule has 6 nitrogen and oxygen atoms in total. The van der Waals surface area contributed by atoms with Gasteiger partial charge in [-0.05, 0) is 38.5 Å². The topological polar surface area (TPSA) is 81.4 Å². The van der Waals surface area contributed by atoms with Gasteiger partial charge in [-0.1, -0.05) is 47.1 Å². The number of aryl methyl sites for hydroxylation is 3. The highest BCUT2D eigenvalue weighted by molar-refractivity contribution is 7.98. The van der Waals surface area contributed by atoms with Crippen LogP contribution < -0.4 is 5.32 Å². The maximum absolute atomic E-state index is 12.5. The van der Waals surface area contributed by atoms with Crippen LogP contribution >= 0.6 is 11.8 Å². The predicted octanol–water partition coefficient (Wildman–Crippen LogP) is 4.37. The van der Waals surface area contributed by atoms with E-state index in [1.165, 1.54) is 11.8 Å². The zero-order valence-corrected chi connectivity index (χ0v) is 18.0. The molecule has 30 heavy (non-hydrogen) atoms. The first kappa shape index (κ1) is 21.6. The third-order valence-corrected chi connectivity index (χ3v) is 5.70. The Bertz CT molecular complexity index is 1010. The van der Waals surface area contributed by atoms with Crippen molar-refractivity contribution >= 4 is 23.6 Å². The first-order chi connectivity index (χ1) is 14.4. The number of carbonyl (C=O) groups excluding carboxylic acids is 2. The second-order valence-electron chi connectivity index (χ2n) is 6.93. The van der Waals surface area contributed by atoms with Gasteiger partial charge in [-0.25, -0.2) is 4.79 Å². The third-order valence-electron chi connectivity index (χ3n) is 4.60. The van der Waals surface area contributed by atoms with Gasteiger partial charge in [0.15, 0.2) is 6.61 Å². The lowest BCUT2D eigenvalue weighted by molar-refractivity contribution is -0.124. The normalized spacial score (nSPS) is 10.6. The average Bonchev–Trinajstić information content (AvgIpc) is 3.07. The van der Waals surface area contributed by atoms with E-state index in [0.717, 1.165) is 33.0 Å². The summed E-state index contributed by atoms with van der Waals surface area (Å²) in [7, 11) is 0. The first-order valence-electron chi connectivity index (χ1n) is 9.57. The molecule has 0 fully saturated rings. The number of carbonyl (C=O) groups is 2. The van der Waals surface area contributed by atoms with Gasteiger partial charge in [0.05, 0.1) is 11.3 Å². The van der Waals surface area contributed by atoms with Gasteiger partial charge in [0.25, 0.3) is 5.91 Å². The molecule has 1 heterocycles. The third kappa shape index (κ3) is 5.73.